The predicted octanol–water partition coefficient (Wildman–Crippen LogP) is 4.56. The van der Waals surface area contributed by atoms with Crippen LogP contribution < -0.4 is 5.01 Å². The third kappa shape index (κ3) is 4.27. The van der Waals surface area contributed by atoms with Gasteiger partial charge in [0.25, 0.3) is 0 Å². The third-order valence-electron chi connectivity index (χ3n) is 4.85. The predicted molar refractivity (Wildman–Crippen MR) is 112 cm³/mol. The van der Waals surface area contributed by atoms with E-state index in [4.69, 9.17) is 4.74 Å². The minimum absolute atomic E-state index is 0.149. The topological polar surface area (TPSA) is 59.0 Å². The fourth-order valence-electron chi connectivity index (χ4n) is 3.32. The minimum Gasteiger partial charge on any atom is -0.453 e. The lowest BCUT2D eigenvalue weighted by Crippen LogP contribution is -2.21. The normalized spacial score (nSPS) is 15.6. The van der Waals surface area contributed by atoms with E-state index < -0.39 is 24.2 Å². The van der Waals surface area contributed by atoms with Crippen molar-refractivity contribution in [1.29, 1.82) is 0 Å². The first-order valence-electron chi connectivity index (χ1n) is 9.54. The number of nitrogens with zero attached hydrogens (tertiary/aromatic N) is 2. The Morgan fingerprint density at radius 2 is 1.57 bits per heavy atom. The molecule has 0 spiro atoms. The van der Waals surface area contributed by atoms with Crippen molar-refractivity contribution < 1.29 is 18.7 Å². The van der Waals surface area contributed by atoms with Crippen LogP contribution >= 0.6 is 0 Å². The van der Waals surface area contributed by atoms with Gasteiger partial charge in [-0.25, -0.2) is 9.18 Å². The molecule has 0 radical (unpaired) electrons. The Hall–Kier alpha value is -3.80. The maximum atomic E-state index is 13.0. The highest BCUT2D eigenvalue weighted by molar-refractivity contribution is 6.37. The monoisotopic (exact) mass is 402 g/mol. The highest BCUT2D eigenvalue weighted by Crippen LogP contribution is 2.35. The molecule has 1 atom stereocenters. The average molecular weight is 402 g/mol. The van der Waals surface area contributed by atoms with Crippen LogP contribution in [0, 0.1) is 5.82 Å². The molecule has 0 saturated heterocycles. The molecule has 0 aliphatic carbocycles. The number of ether oxygens (including phenoxy) is 1. The molecule has 30 heavy (non-hydrogen) atoms. The van der Waals surface area contributed by atoms with E-state index in [9.17, 15) is 14.0 Å². The van der Waals surface area contributed by atoms with Crippen LogP contribution in [0.1, 0.15) is 28.4 Å². The number of para-hydroxylation sites is 1. The molecular formula is C24H19FN2O3. The summed E-state index contributed by atoms with van der Waals surface area (Å²) in [6.07, 6.45) is 0.364. The van der Waals surface area contributed by atoms with Gasteiger partial charge in [-0.1, -0.05) is 48.5 Å². The number of carbonyl (C=O) groups is 2. The van der Waals surface area contributed by atoms with Crippen molar-refractivity contribution in [1.82, 2.24) is 0 Å². The van der Waals surface area contributed by atoms with Crippen LogP contribution in [0.5, 0.6) is 0 Å². The van der Waals surface area contributed by atoms with Crippen molar-refractivity contribution in [3.63, 3.8) is 0 Å². The zero-order chi connectivity index (χ0) is 20.9. The van der Waals surface area contributed by atoms with E-state index in [2.05, 4.69) is 5.10 Å². The van der Waals surface area contributed by atoms with Gasteiger partial charge in [-0.05, 0) is 42.0 Å². The van der Waals surface area contributed by atoms with E-state index in [-0.39, 0.29) is 17.3 Å². The Morgan fingerprint density at radius 3 is 2.23 bits per heavy atom. The van der Waals surface area contributed by atoms with Gasteiger partial charge in [0.2, 0.25) is 0 Å². The molecule has 1 aliphatic rings. The first kappa shape index (κ1) is 19.5. The number of halogens is 1. The highest BCUT2D eigenvalue weighted by Gasteiger charge is 2.33. The Morgan fingerprint density at radius 1 is 0.933 bits per heavy atom. The Kier molecular flexibility index (Phi) is 5.66. The van der Waals surface area contributed by atoms with Gasteiger partial charge in [-0.3, -0.25) is 9.80 Å². The van der Waals surface area contributed by atoms with Crippen molar-refractivity contribution in [2.75, 3.05) is 11.6 Å². The lowest BCUT2D eigenvalue weighted by atomic mass is 10.0. The number of esters is 1. The summed E-state index contributed by atoms with van der Waals surface area (Å²) in [7, 11) is 0. The van der Waals surface area contributed by atoms with Crippen LogP contribution in [0.2, 0.25) is 0 Å². The van der Waals surface area contributed by atoms with Crippen molar-refractivity contribution >= 4 is 23.2 Å². The van der Waals surface area contributed by atoms with E-state index in [1.807, 2.05) is 60.7 Å². The lowest BCUT2D eigenvalue weighted by Gasteiger charge is -2.23. The summed E-state index contributed by atoms with van der Waals surface area (Å²) in [6, 6.07) is 24.3. The first-order valence-corrected chi connectivity index (χ1v) is 9.54. The highest BCUT2D eigenvalue weighted by atomic mass is 19.1. The first-order chi connectivity index (χ1) is 14.6. The van der Waals surface area contributed by atoms with Gasteiger partial charge in [0.1, 0.15) is 11.5 Å². The summed E-state index contributed by atoms with van der Waals surface area (Å²) in [5.41, 5.74) is 2.41. The molecule has 150 valence electrons. The zero-order valence-electron chi connectivity index (χ0n) is 16.1. The molecule has 5 nitrogen and oxygen atoms in total. The molecule has 3 aromatic carbocycles. The van der Waals surface area contributed by atoms with E-state index in [1.165, 1.54) is 24.3 Å². The Balaban J connectivity index is 1.49. The Bertz CT molecular complexity index is 1070. The molecule has 4 rings (SSSR count). The fraction of sp³-hybridized carbons (Fsp3) is 0.125. The van der Waals surface area contributed by atoms with Crippen molar-refractivity contribution in [3.8, 4) is 0 Å². The van der Waals surface area contributed by atoms with E-state index in [0.29, 0.717) is 6.42 Å². The molecule has 1 unspecified atom stereocenters. The van der Waals surface area contributed by atoms with Crippen molar-refractivity contribution in [2.24, 2.45) is 5.10 Å². The summed E-state index contributed by atoms with van der Waals surface area (Å²) in [6.45, 7) is -0.426. The number of Topliss-reactive ketones (excluding diaryl/α,β-unsaturated/α-hetero) is 1. The molecule has 6 heteroatoms. The number of hydrazone groups is 1. The standard InChI is InChI=1S/C24H19FN2O3/c25-19-13-11-18(12-14-19)23(28)16-30-24(29)21-15-22(17-7-3-1-4-8-17)27(26-21)20-9-5-2-6-10-20/h1-14,22H,15-16H2. The summed E-state index contributed by atoms with van der Waals surface area (Å²) in [4.78, 5) is 24.8. The summed E-state index contributed by atoms with van der Waals surface area (Å²) >= 11 is 0. The molecule has 0 fully saturated rings. The summed E-state index contributed by atoms with van der Waals surface area (Å²) < 4.78 is 18.2. The lowest BCUT2D eigenvalue weighted by molar-refractivity contribution is -0.134. The molecule has 0 N–H and O–H groups in total. The van der Waals surface area contributed by atoms with Crippen LogP contribution in [-0.2, 0) is 9.53 Å². The SMILES string of the molecule is O=C(OCC(=O)c1ccc(F)cc1)C1=NN(c2ccccc2)C(c2ccccc2)C1. The van der Waals surface area contributed by atoms with Crippen LogP contribution in [0.4, 0.5) is 10.1 Å². The molecular weight excluding hydrogens is 383 g/mol. The van der Waals surface area contributed by atoms with E-state index in [0.717, 1.165) is 11.3 Å². The van der Waals surface area contributed by atoms with E-state index >= 15 is 0 Å². The molecule has 0 saturated carbocycles. The number of ketones is 1. The molecule has 1 aliphatic heterocycles. The van der Waals surface area contributed by atoms with Gasteiger partial charge in [0, 0.05) is 12.0 Å². The largest absolute Gasteiger partial charge is 0.453 e. The third-order valence-corrected chi connectivity index (χ3v) is 4.85. The van der Waals surface area contributed by atoms with Gasteiger partial charge in [-0.2, -0.15) is 5.10 Å². The minimum atomic E-state index is -0.634. The number of hydrogen-bond acceptors (Lipinski definition) is 5. The number of anilines is 1. The molecule has 0 bridgehead atoms. The van der Waals surface area contributed by atoms with Gasteiger partial charge in [0.05, 0.1) is 11.7 Å². The summed E-state index contributed by atoms with van der Waals surface area (Å²) in [5.74, 6) is -1.47. The Labute approximate surface area is 173 Å². The zero-order valence-corrected chi connectivity index (χ0v) is 16.1. The molecule has 1 heterocycles. The molecule has 0 aromatic heterocycles. The van der Waals surface area contributed by atoms with Crippen molar-refractivity contribution in [2.45, 2.75) is 12.5 Å². The second kappa shape index (κ2) is 8.69. The molecule has 0 amide bonds. The number of benzene rings is 3. The van der Waals surface area contributed by atoms with E-state index in [1.54, 1.807) is 5.01 Å². The van der Waals surface area contributed by atoms with Crippen LogP contribution in [0.15, 0.2) is 90.0 Å². The van der Waals surface area contributed by atoms with Crippen LogP contribution in [0.3, 0.4) is 0 Å². The number of carbonyl (C=O) groups excluding carboxylic acids is 2. The fourth-order valence-corrected chi connectivity index (χ4v) is 3.32. The van der Waals surface area contributed by atoms with Crippen LogP contribution in [0.25, 0.3) is 0 Å². The number of rotatable bonds is 6. The van der Waals surface area contributed by atoms with Gasteiger partial charge in [-0.15, -0.1) is 0 Å². The second-order valence-corrected chi connectivity index (χ2v) is 6.86. The van der Waals surface area contributed by atoms with Gasteiger partial charge in [0.15, 0.2) is 12.4 Å². The van der Waals surface area contributed by atoms with Crippen molar-refractivity contribution in [3.05, 3.63) is 102 Å². The summed E-state index contributed by atoms with van der Waals surface area (Å²) in [5, 5.41) is 6.29. The second-order valence-electron chi connectivity index (χ2n) is 6.86. The van der Waals surface area contributed by atoms with Crippen LogP contribution in [-0.4, -0.2) is 24.1 Å². The maximum absolute atomic E-state index is 13.0. The quantitative estimate of drug-likeness (QED) is 0.448. The average Bonchev–Trinajstić information content (AvgIpc) is 3.24. The molecule has 3 aromatic rings. The number of hydrogen-bond donors (Lipinski definition) is 0. The maximum Gasteiger partial charge on any atom is 0.355 e. The van der Waals surface area contributed by atoms with Gasteiger partial charge >= 0.3 is 5.97 Å². The van der Waals surface area contributed by atoms with Gasteiger partial charge < -0.3 is 4.74 Å². The smallest absolute Gasteiger partial charge is 0.355 e.